The number of nitrogens with zero attached hydrogens (tertiary/aromatic N) is 3. The fourth-order valence-electron chi connectivity index (χ4n) is 3.67. The summed E-state index contributed by atoms with van der Waals surface area (Å²) < 4.78 is 16.2. The van der Waals surface area contributed by atoms with Crippen molar-refractivity contribution in [3.63, 3.8) is 0 Å². The number of benzene rings is 2. The molecule has 1 aromatic heterocycles. The lowest BCUT2D eigenvalue weighted by atomic mass is 9.99. The number of nitrogens with one attached hydrogen (secondary N) is 1. The second-order valence-corrected chi connectivity index (χ2v) is 8.55. The van der Waals surface area contributed by atoms with Gasteiger partial charge in [0.25, 0.3) is 0 Å². The number of hydrogen-bond donors (Lipinski definition) is 1. The summed E-state index contributed by atoms with van der Waals surface area (Å²) in [5.74, 6) is -0.0104. The molecule has 8 heteroatoms. The summed E-state index contributed by atoms with van der Waals surface area (Å²) >= 11 is 1.31. The van der Waals surface area contributed by atoms with Gasteiger partial charge in [-0.05, 0) is 55.7 Å². The van der Waals surface area contributed by atoms with Gasteiger partial charge in [0, 0.05) is 17.3 Å². The highest BCUT2D eigenvalue weighted by molar-refractivity contribution is 7.99. The number of carbonyl (C=O) groups excluding carboxylic acids is 2. The fourth-order valence-corrected chi connectivity index (χ4v) is 4.57. The molecule has 3 aromatic rings. The summed E-state index contributed by atoms with van der Waals surface area (Å²) in [5.41, 5.74) is 2.59. The van der Waals surface area contributed by atoms with E-state index in [-0.39, 0.29) is 35.2 Å². The molecule has 6 nitrogen and oxygen atoms in total. The van der Waals surface area contributed by atoms with Gasteiger partial charge in [-0.3, -0.25) is 14.2 Å². The predicted octanol–water partition coefficient (Wildman–Crippen LogP) is 4.45. The Kier molecular flexibility index (Phi) is 4.66. The number of Topliss-reactive ketones (excluding diaryl/α,β-unsaturated/α-hetero) is 1. The molecule has 2 heterocycles. The van der Waals surface area contributed by atoms with Crippen molar-refractivity contribution in [2.45, 2.75) is 36.9 Å². The Balaban J connectivity index is 1.37. The van der Waals surface area contributed by atoms with Gasteiger partial charge in [0.1, 0.15) is 5.82 Å². The summed E-state index contributed by atoms with van der Waals surface area (Å²) in [6.45, 7) is 1.83. The zero-order chi connectivity index (χ0) is 20.8. The first kappa shape index (κ1) is 19.0. The number of anilines is 1. The number of fused-ring (bicyclic) bond motifs is 1. The predicted molar refractivity (Wildman–Crippen MR) is 112 cm³/mol. The Morgan fingerprint density at radius 1 is 1.23 bits per heavy atom. The van der Waals surface area contributed by atoms with Crippen molar-refractivity contribution in [3.8, 4) is 11.4 Å². The van der Waals surface area contributed by atoms with E-state index in [0.29, 0.717) is 22.1 Å². The van der Waals surface area contributed by atoms with Crippen LogP contribution in [-0.4, -0.2) is 32.2 Å². The monoisotopic (exact) mass is 422 g/mol. The van der Waals surface area contributed by atoms with Crippen LogP contribution in [-0.2, 0) is 4.79 Å². The van der Waals surface area contributed by atoms with Crippen LogP contribution in [0.15, 0.2) is 47.6 Å². The van der Waals surface area contributed by atoms with Crippen LogP contribution >= 0.6 is 11.8 Å². The number of carbonyl (C=O) groups is 2. The first-order valence-electron chi connectivity index (χ1n) is 9.83. The van der Waals surface area contributed by atoms with E-state index in [1.165, 1.54) is 17.8 Å². The van der Waals surface area contributed by atoms with Crippen LogP contribution in [0.5, 0.6) is 0 Å². The van der Waals surface area contributed by atoms with E-state index in [1.807, 2.05) is 11.5 Å². The van der Waals surface area contributed by atoms with Gasteiger partial charge in [0.05, 0.1) is 17.2 Å². The average molecular weight is 422 g/mol. The van der Waals surface area contributed by atoms with Gasteiger partial charge in [0.2, 0.25) is 5.91 Å². The van der Waals surface area contributed by atoms with Gasteiger partial charge in [-0.2, -0.15) is 0 Å². The van der Waals surface area contributed by atoms with Crippen LogP contribution in [0.25, 0.3) is 11.4 Å². The maximum atomic E-state index is 14.3. The first-order chi connectivity index (χ1) is 14.5. The first-order valence-corrected chi connectivity index (χ1v) is 10.8. The van der Waals surface area contributed by atoms with Gasteiger partial charge >= 0.3 is 0 Å². The van der Waals surface area contributed by atoms with Gasteiger partial charge in [-0.25, -0.2) is 4.39 Å². The van der Waals surface area contributed by atoms with Crippen molar-refractivity contribution in [1.82, 2.24) is 14.8 Å². The Labute approximate surface area is 176 Å². The maximum Gasteiger partial charge on any atom is 0.231 e. The molecule has 30 heavy (non-hydrogen) atoms. The smallest absolute Gasteiger partial charge is 0.231 e. The van der Waals surface area contributed by atoms with Gasteiger partial charge in [-0.1, -0.05) is 23.9 Å². The molecule has 1 saturated carbocycles. The molecule has 152 valence electrons. The van der Waals surface area contributed by atoms with Crippen LogP contribution < -0.4 is 5.32 Å². The lowest BCUT2D eigenvalue weighted by molar-refractivity contribution is -0.116. The van der Waals surface area contributed by atoms with Crippen LogP contribution in [0.2, 0.25) is 0 Å². The zero-order valence-corrected chi connectivity index (χ0v) is 17.1. The third-order valence-corrected chi connectivity index (χ3v) is 6.46. The number of aromatic nitrogens is 3. The van der Waals surface area contributed by atoms with Crippen LogP contribution in [0, 0.1) is 5.82 Å². The van der Waals surface area contributed by atoms with E-state index in [1.54, 1.807) is 36.4 Å². The van der Waals surface area contributed by atoms with E-state index in [9.17, 15) is 14.0 Å². The number of rotatable bonds is 6. The third kappa shape index (κ3) is 3.31. The van der Waals surface area contributed by atoms with E-state index in [0.717, 1.165) is 24.1 Å². The van der Waals surface area contributed by atoms with E-state index in [2.05, 4.69) is 15.5 Å². The minimum absolute atomic E-state index is 0.0489. The minimum Gasteiger partial charge on any atom is -0.325 e. The third-order valence-electron chi connectivity index (χ3n) is 5.51. The molecule has 0 saturated heterocycles. The fraction of sp³-hybridized carbons (Fsp3) is 0.273. The second-order valence-electron chi connectivity index (χ2n) is 7.61. The zero-order valence-electron chi connectivity index (χ0n) is 16.3. The highest BCUT2D eigenvalue weighted by Crippen LogP contribution is 2.41. The summed E-state index contributed by atoms with van der Waals surface area (Å²) in [4.78, 5) is 24.6. The molecule has 1 atom stereocenters. The molecular weight excluding hydrogens is 403 g/mol. The normalized spacial score (nSPS) is 17.7. The Morgan fingerprint density at radius 2 is 2.03 bits per heavy atom. The van der Waals surface area contributed by atoms with E-state index in [4.69, 9.17) is 0 Å². The largest absolute Gasteiger partial charge is 0.325 e. The summed E-state index contributed by atoms with van der Waals surface area (Å²) in [6.07, 6.45) is 1.98. The molecule has 0 unspecified atom stereocenters. The van der Waals surface area contributed by atoms with Crippen molar-refractivity contribution < 1.29 is 14.0 Å². The van der Waals surface area contributed by atoms with Crippen LogP contribution in [0.4, 0.5) is 10.1 Å². The molecule has 2 aromatic carbocycles. The summed E-state index contributed by atoms with van der Waals surface area (Å²) in [5, 5.41) is 11.9. The Morgan fingerprint density at radius 3 is 2.80 bits per heavy atom. The van der Waals surface area contributed by atoms with E-state index < -0.39 is 0 Å². The molecule has 1 aliphatic heterocycles. The van der Waals surface area contributed by atoms with Crippen LogP contribution in [0.1, 0.15) is 47.6 Å². The van der Waals surface area contributed by atoms with Gasteiger partial charge in [-0.15, -0.1) is 10.2 Å². The Hall–Kier alpha value is -3.00. The highest BCUT2D eigenvalue weighted by Gasteiger charge is 2.31. The van der Waals surface area contributed by atoms with Gasteiger partial charge < -0.3 is 5.32 Å². The van der Waals surface area contributed by atoms with Gasteiger partial charge in [0.15, 0.2) is 16.8 Å². The number of ketones is 1. The molecule has 0 bridgehead atoms. The van der Waals surface area contributed by atoms with Crippen molar-refractivity contribution in [3.05, 3.63) is 59.4 Å². The molecule has 1 fully saturated rings. The van der Waals surface area contributed by atoms with E-state index >= 15 is 0 Å². The average Bonchev–Trinajstić information content (AvgIpc) is 3.44. The SMILES string of the molecule is C[C@@H]1C(=O)Nc2ccc(C(=O)CSc3nnc(-c4ccccc4F)n3C3CC3)cc21. The molecule has 0 spiro atoms. The molecule has 0 radical (unpaired) electrons. The highest BCUT2D eigenvalue weighted by atomic mass is 32.2. The Bertz CT molecular complexity index is 1170. The number of thioether (sulfide) groups is 1. The number of amides is 1. The molecule has 1 N–H and O–H groups in total. The standard InChI is InChI=1S/C22H19FN4O2S/c1-12-16-10-13(6-9-18(16)24-21(12)29)19(28)11-30-22-26-25-20(27(22)14-7-8-14)15-4-2-3-5-17(15)23/h2-6,9-10,12,14H,7-8,11H2,1H3,(H,24,29)/t12-/m0/s1. The van der Waals surface area contributed by atoms with Crippen LogP contribution in [0.3, 0.4) is 0 Å². The van der Waals surface area contributed by atoms with Crippen molar-refractivity contribution >= 4 is 29.1 Å². The lowest BCUT2D eigenvalue weighted by Gasteiger charge is -2.09. The molecule has 5 rings (SSSR count). The minimum atomic E-state index is -0.338. The summed E-state index contributed by atoms with van der Waals surface area (Å²) in [7, 11) is 0. The molecule has 2 aliphatic rings. The number of halogens is 1. The number of hydrogen-bond acceptors (Lipinski definition) is 5. The molecular formula is C22H19FN4O2S. The topological polar surface area (TPSA) is 76.9 Å². The molecule has 1 amide bonds. The lowest BCUT2D eigenvalue weighted by Crippen LogP contribution is -2.08. The quantitative estimate of drug-likeness (QED) is 0.469. The maximum absolute atomic E-state index is 14.3. The molecule has 1 aliphatic carbocycles. The second kappa shape index (κ2) is 7.36. The van der Waals surface area contributed by atoms with Crippen molar-refractivity contribution in [2.75, 3.05) is 11.1 Å². The van der Waals surface area contributed by atoms with Crippen molar-refractivity contribution in [1.29, 1.82) is 0 Å². The summed E-state index contributed by atoms with van der Waals surface area (Å²) in [6, 6.07) is 12.1. The van der Waals surface area contributed by atoms with Crippen molar-refractivity contribution in [2.24, 2.45) is 0 Å².